The molecule has 0 N–H and O–H groups in total. The first-order valence-corrected chi connectivity index (χ1v) is 10.4. The highest BCUT2D eigenvalue weighted by Crippen LogP contribution is 2.36. The number of carbonyl (C=O) groups excluding carboxylic acids is 1. The summed E-state index contributed by atoms with van der Waals surface area (Å²) in [5, 5.41) is 4.58. The first kappa shape index (κ1) is 19.1. The molecule has 5 aromatic rings. The van der Waals surface area contributed by atoms with E-state index in [4.69, 9.17) is 4.74 Å². The standard InChI is InChI=1S/C28H23NO2/c1-18(30)28(19(2)31-3)24-14-8-13-21-20(24)12-9-17-27(21)29-25-15-6-4-10-22(25)23-11-5-7-16-26(23)29/h4-17H,1-3H3/b28-19+. The minimum Gasteiger partial charge on any atom is -0.501 e. The van der Waals surface area contributed by atoms with Crippen LogP contribution >= 0.6 is 0 Å². The Morgan fingerprint density at radius 1 is 0.677 bits per heavy atom. The molecule has 0 saturated carbocycles. The van der Waals surface area contributed by atoms with Crippen LogP contribution in [0.4, 0.5) is 0 Å². The van der Waals surface area contributed by atoms with Crippen molar-refractivity contribution >= 4 is 43.9 Å². The number of fused-ring (bicyclic) bond motifs is 4. The smallest absolute Gasteiger partial charge is 0.163 e. The van der Waals surface area contributed by atoms with Crippen molar-refractivity contribution < 1.29 is 9.53 Å². The Labute approximate surface area is 181 Å². The van der Waals surface area contributed by atoms with Gasteiger partial charge < -0.3 is 9.30 Å². The van der Waals surface area contributed by atoms with Gasteiger partial charge in [-0.15, -0.1) is 0 Å². The quantitative estimate of drug-likeness (QED) is 0.240. The molecule has 0 atom stereocenters. The number of Topliss-reactive ketones (excluding diaryl/α,β-unsaturated/α-hetero) is 1. The molecule has 152 valence electrons. The number of nitrogens with zero attached hydrogens (tertiary/aromatic N) is 1. The number of methoxy groups -OCH3 is 1. The molecule has 0 bridgehead atoms. The molecule has 0 unspecified atom stereocenters. The molecule has 3 nitrogen and oxygen atoms in total. The van der Waals surface area contributed by atoms with Gasteiger partial charge in [-0.2, -0.15) is 0 Å². The van der Waals surface area contributed by atoms with E-state index in [0.29, 0.717) is 11.3 Å². The molecule has 3 heteroatoms. The van der Waals surface area contributed by atoms with Crippen molar-refractivity contribution in [2.45, 2.75) is 13.8 Å². The highest BCUT2D eigenvalue weighted by atomic mass is 16.5. The highest BCUT2D eigenvalue weighted by molar-refractivity contribution is 6.23. The van der Waals surface area contributed by atoms with Gasteiger partial charge in [0.25, 0.3) is 0 Å². The fourth-order valence-corrected chi connectivity index (χ4v) is 4.62. The fourth-order valence-electron chi connectivity index (χ4n) is 4.62. The van der Waals surface area contributed by atoms with Crippen molar-refractivity contribution in [3.8, 4) is 5.69 Å². The summed E-state index contributed by atoms with van der Waals surface area (Å²) in [4.78, 5) is 12.5. The maximum atomic E-state index is 12.5. The van der Waals surface area contributed by atoms with E-state index in [1.165, 1.54) is 10.8 Å². The van der Waals surface area contributed by atoms with Gasteiger partial charge in [0.05, 0.1) is 29.4 Å². The molecule has 5 rings (SSSR count). The zero-order valence-corrected chi connectivity index (χ0v) is 17.8. The zero-order chi connectivity index (χ0) is 21.5. The first-order chi connectivity index (χ1) is 15.1. The van der Waals surface area contributed by atoms with Gasteiger partial charge in [0, 0.05) is 16.2 Å². The van der Waals surface area contributed by atoms with Crippen LogP contribution in [-0.2, 0) is 9.53 Å². The molecular formula is C28H23NO2. The summed E-state index contributed by atoms with van der Waals surface area (Å²) in [6, 6.07) is 29.4. The van der Waals surface area contributed by atoms with Crippen molar-refractivity contribution in [3.05, 3.63) is 96.3 Å². The van der Waals surface area contributed by atoms with E-state index in [0.717, 1.165) is 33.1 Å². The molecule has 1 aromatic heterocycles. The summed E-state index contributed by atoms with van der Waals surface area (Å²) in [5.74, 6) is 0.622. The Kier molecular flexibility index (Phi) is 4.59. The molecule has 0 amide bonds. The van der Waals surface area contributed by atoms with E-state index in [1.54, 1.807) is 14.0 Å². The zero-order valence-electron chi connectivity index (χ0n) is 17.8. The number of ether oxygens (including phenoxy) is 1. The van der Waals surface area contributed by atoms with Crippen LogP contribution in [0.2, 0.25) is 0 Å². The van der Waals surface area contributed by atoms with Gasteiger partial charge >= 0.3 is 0 Å². The molecule has 0 aliphatic rings. The molecule has 0 radical (unpaired) electrons. The number of allylic oxidation sites excluding steroid dienone is 2. The predicted octanol–water partition coefficient (Wildman–Crippen LogP) is 6.90. The number of ketones is 1. The third-order valence-corrected chi connectivity index (χ3v) is 6.00. The number of benzene rings is 4. The van der Waals surface area contributed by atoms with Crippen molar-refractivity contribution in [1.82, 2.24) is 4.57 Å². The van der Waals surface area contributed by atoms with E-state index < -0.39 is 0 Å². The third kappa shape index (κ3) is 2.93. The van der Waals surface area contributed by atoms with E-state index in [9.17, 15) is 4.79 Å². The maximum Gasteiger partial charge on any atom is 0.163 e. The molecule has 1 heterocycles. The van der Waals surface area contributed by atoms with E-state index in [-0.39, 0.29) is 5.78 Å². The number of carbonyl (C=O) groups is 1. The Morgan fingerprint density at radius 3 is 1.84 bits per heavy atom. The molecule has 31 heavy (non-hydrogen) atoms. The van der Waals surface area contributed by atoms with Gasteiger partial charge in [0.1, 0.15) is 5.76 Å². The first-order valence-electron chi connectivity index (χ1n) is 10.4. The normalized spacial score (nSPS) is 12.4. The molecule has 0 saturated heterocycles. The second kappa shape index (κ2) is 7.44. The SMILES string of the molecule is CO/C(C)=C(\C(C)=O)c1cccc2c(-n3c4ccccc4c4ccccc43)cccc12. The summed E-state index contributed by atoms with van der Waals surface area (Å²) < 4.78 is 7.76. The van der Waals surface area contributed by atoms with Crippen molar-refractivity contribution in [3.63, 3.8) is 0 Å². The van der Waals surface area contributed by atoms with Crippen LogP contribution in [0.15, 0.2) is 90.7 Å². The second-order valence-corrected chi connectivity index (χ2v) is 7.74. The molecule has 4 aromatic carbocycles. The van der Waals surface area contributed by atoms with Crippen LogP contribution in [0.1, 0.15) is 19.4 Å². The lowest BCUT2D eigenvalue weighted by Gasteiger charge is -2.15. The third-order valence-electron chi connectivity index (χ3n) is 6.00. The fraction of sp³-hybridized carbons (Fsp3) is 0.107. The topological polar surface area (TPSA) is 31.2 Å². The molecule has 0 aliphatic heterocycles. The van der Waals surface area contributed by atoms with Gasteiger partial charge in [0.15, 0.2) is 5.78 Å². The number of para-hydroxylation sites is 2. The van der Waals surface area contributed by atoms with Crippen LogP contribution in [0.5, 0.6) is 0 Å². The van der Waals surface area contributed by atoms with E-state index in [2.05, 4.69) is 77.4 Å². The highest BCUT2D eigenvalue weighted by Gasteiger charge is 2.18. The molecule has 0 spiro atoms. The van der Waals surface area contributed by atoms with Crippen LogP contribution < -0.4 is 0 Å². The Morgan fingerprint density at radius 2 is 1.23 bits per heavy atom. The Balaban J connectivity index is 1.90. The number of aromatic nitrogens is 1. The molecular weight excluding hydrogens is 382 g/mol. The van der Waals surface area contributed by atoms with Gasteiger partial charge in [0.2, 0.25) is 0 Å². The Bertz CT molecular complexity index is 1450. The van der Waals surface area contributed by atoms with Gasteiger partial charge in [-0.05, 0) is 43.0 Å². The molecule has 0 aliphatic carbocycles. The van der Waals surface area contributed by atoms with Gasteiger partial charge in [-0.25, -0.2) is 0 Å². The summed E-state index contributed by atoms with van der Waals surface area (Å²) in [5.41, 5.74) is 4.93. The van der Waals surface area contributed by atoms with Crippen molar-refractivity contribution in [2.24, 2.45) is 0 Å². The number of rotatable bonds is 4. The maximum absolute atomic E-state index is 12.5. The second-order valence-electron chi connectivity index (χ2n) is 7.74. The van der Waals surface area contributed by atoms with Crippen LogP contribution in [0.3, 0.4) is 0 Å². The minimum atomic E-state index is -0.00545. The lowest BCUT2D eigenvalue weighted by Crippen LogP contribution is -2.03. The predicted molar refractivity (Wildman–Crippen MR) is 129 cm³/mol. The number of hydrogen-bond acceptors (Lipinski definition) is 2. The van der Waals surface area contributed by atoms with E-state index >= 15 is 0 Å². The van der Waals surface area contributed by atoms with Crippen molar-refractivity contribution in [2.75, 3.05) is 7.11 Å². The van der Waals surface area contributed by atoms with Crippen LogP contribution in [-0.4, -0.2) is 17.5 Å². The summed E-state index contributed by atoms with van der Waals surface area (Å²) in [6.45, 7) is 3.43. The van der Waals surface area contributed by atoms with Gasteiger partial charge in [-0.1, -0.05) is 66.7 Å². The monoisotopic (exact) mass is 405 g/mol. The van der Waals surface area contributed by atoms with E-state index in [1.807, 2.05) is 19.1 Å². The molecule has 0 fully saturated rings. The lowest BCUT2D eigenvalue weighted by molar-refractivity contribution is -0.111. The van der Waals surface area contributed by atoms with Gasteiger partial charge in [-0.3, -0.25) is 4.79 Å². The summed E-state index contributed by atoms with van der Waals surface area (Å²) in [6.07, 6.45) is 0. The van der Waals surface area contributed by atoms with Crippen molar-refractivity contribution in [1.29, 1.82) is 0 Å². The average Bonchev–Trinajstić information content (AvgIpc) is 3.13. The largest absolute Gasteiger partial charge is 0.501 e. The van der Waals surface area contributed by atoms with Crippen LogP contribution in [0, 0.1) is 0 Å². The summed E-state index contributed by atoms with van der Waals surface area (Å²) in [7, 11) is 1.60. The van der Waals surface area contributed by atoms with Crippen LogP contribution in [0.25, 0.3) is 43.8 Å². The summed E-state index contributed by atoms with van der Waals surface area (Å²) >= 11 is 0. The average molecular weight is 405 g/mol. The lowest BCUT2D eigenvalue weighted by atomic mass is 9.94. The minimum absolute atomic E-state index is 0.00545. The Hall–Kier alpha value is -3.85. The number of hydrogen-bond donors (Lipinski definition) is 0.